The Morgan fingerprint density at radius 2 is 1.75 bits per heavy atom. The lowest BCUT2D eigenvalue weighted by Crippen LogP contribution is -2.00. The quantitative estimate of drug-likeness (QED) is 0.825. The minimum atomic E-state index is 0.0835. The van der Waals surface area contributed by atoms with E-state index in [1.54, 1.807) is 0 Å². The molecule has 2 aromatic rings. The van der Waals surface area contributed by atoms with Crippen molar-refractivity contribution in [2.45, 2.75) is 20.8 Å². The van der Waals surface area contributed by atoms with Crippen molar-refractivity contribution in [2.75, 3.05) is 5.73 Å². The number of hydrogen-bond donors (Lipinski definition) is 1. The van der Waals surface area contributed by atoms with Crippen LogP contribution in [0.2, 0.25) is 5.28 Å². The number of nitrogen functional groups attached to an aromatic ring is 1. The average Bonchev–Trinajstić information content (AvgIpc) is 2.39. The summed E-state index contributed by atoms with van der Waals surface area (Å²) in [6, 6.07) is 0. The molecule has 0 aromatic carbocycles. The second-order valence-corrected chi connectivity index (χ2v) is 3.84. The zero-order chi connectivity index (χ0) is 11.9. The predicted octanol–water partition coefficient (Wildman–Crippen LogP) is 2.29. The smallest absolute Gasteiger partial charge is 0.227 e. The van der Waals surface area contributed by atoms with Gasteiger partial charge in [0.1, 0.15) is 11.5 Å². The molecule has 2 rings (SSSR count). The third-order valence-electron chi connectivity index (χ3n) is 2.41. The highest BCUT2D eigenvalue weighted by atomic mass is 35.5. The Labute approximate surface area is 97.7 Å². The summed E-state index contributed by atoms with van der Waals surface area (Å²) in [6.45, 7) is 5.68. The number of hydrogen-bond acceptors (Lipinski definition) is 5. The molecule has 0 atom stereocenters. The van der Waals surface area contributed by atoms with Gasteiger partial charge in [-0.2, -0.15) is 15.0 Å². The van der Waals surface area contributed by atoms with Crippen LogP contribution >= 0.6 is 11.6 Å². The van der Waals surface area contributed by atoms with Gasteiger partial charge in [0.05, 0.1) is 5.56 Å². The Bertz CT molecular complexity index is 530. The lowest BCUT2D eigenvalue weighted by atomic mass is 10.1. The van der Waals surface area contributed by atoms with Crippen LogP contribution in [-0.2, 0) is 0 Å². The standard InChI is InChI=1S/C10H11ClN4O/c1-4-5(2)16-6(3)7(4)8-13-9(11)15-10(12)14-8/h1-3H3,(H2,12,13,14,15). The number of nitrogens with zero attached hydrogens (tertiary/aromatic N) is 3. The Kier molecular flexibility index (Phi) is 2.55. The Hall–Kier alpha value is -1.62. The van der Waals surface area contributed by atoms with E-state index in [9.17, 15) is 0 Å². The van der Waals surface area contributed by atoms with Crippen molar-refractivity contribution >= 4 is 17.5 Å². The van der Waals surface area contributed by atoms with E-state index in [1.807, 2.05) is 20.8 Å². The van der Waals surface area contributed by atoms with E-state index in [2.05, 4.69) is 15.0 Å². The molecule has 2 N–H and O–H groups in total. The normalized spacial score (nSPS) is 10.8. The van der Waals surface area contributed by atoms with Crippen molar-refractivity contribution in [3.8, 4) is 11.4 Å². The topological polar surface area (TPSA) is 77.8 Å². The van der Waals surface area contributed by atoms with Crippen LogP contribution < -0.4 is 5.73 Å². The molecule has 5 nitrogen and oxygen atoms in total. The summed E-state index contributed by atoms with van der Waals surface area (Å²) >= 11 is 5.74. The molecule has 0 aliphatic rings. The van der Waals surface area contributed by atoms with Crippen LogP contribution in [-0.4, -0.2) is 15.0 Å². The number of furan rings is 1. The van der Waals surface area contributed by atoms with Crippen LogP contribution in [0.4, 0.5) is 5.95 Å². The first-order valence-electron chi connectivity index (χ1n) is 4.73. The van der Waals surface area contributed by atoms with Gasteiger partial charge in [0.25, 0.3) is 0 Å². The highest BCUT2D eigenvalue weighted by Gasteiger charge is 2.16. The maximum Gasteiger partial charge on any atom is 0.227 e. The molecule has 0 aliphatic heterocycles. The van der Waals surface area contributed by atoms with Gasteiger partial charge in [0, 0.05) is 5.56 Å². The first kappa shape index (κ1) is 10.9. The molecule has 0 spiro atoms. The van der Waals surface area contributed by atoms with Crippen molar-refractivity contribution in [3.63, 3.8) is 0 Å². The Morgan fingerprint density at radius 3 is 2.25 bits per heavy atom. The first-order valence-corrected chi connectivity index (χ1v) is 5.11. The molecule has 0 radical (unpaired) electrons. The summed E-state index contributed by atoms with van der Waals surface area (Å²) in [5.41, 5.74) is 7.34. The maximum absolute atomic E-state index is 5.74. The van der Waals surface area contributed by atoms with Gasteiger partial charge in [-0.25, -0.2) is 0 Å². The van der Waals surface area contributed by atoms with Gasteiger partial charge in [0.15, 0.2) is 5.82 Å². The number of rotatable bonds is 1. The monoisotopic (exact) mass is 238 g/mol. The van der Waals surface area contributed by atoms with E-state index in [4.69, 9.17) is 21.8 Å². The predicted molar refractivity (Wildman–Crippen MR) is 61.2 cm³/mol. The molecule has 0 fully saturated rings. The van der Waals surface area contributed by atoms with Crippen LogP contribution in [0.5, 0.6) is 0 Å². The van der Waals surface area contributed by atoms with Gasteiger partial charge in [-0.15, -0.1) is 0 Å². The van der Waals surface area contributed by atoms with Gasteiger partial charge in [-0.05, 0) is 32.4 Å². The van der Waals surface area contributed by atoms with Crippen LogP contribution in [0.15, 0.2) is 4.42 Å². The van der Waals surface area contributed by atoms with E-state index in [-0.39, 0.29) is 11.2 Å². The molecule has 2 aromatic heterocycles. The van der Waals surface area contributed by atoms with Crippen molar-refractivity contribution in [2.24, 2.45) is 0 Å². The zero-order valence-electron chi connectivity index (χ0n) is 9.21. The van der Waals surface area contributed by atoms with E-state index in [1.165, 1.54) is 0 Å². The summed E-state index contributed by atoms with van der Waals surface area (Å²) in [5, 5.41) is 0.0835. The number of aromatic nitrogens is 3. The fraction of sp³-hybridized carbons (Fsp3) is 0.300. The highest BCUT2D eigenvalue weighted by Crippen LogP contribution is 2.29. The number of aryl methyl sites for hydroxylation is 2. The first-order chi connectivity index (χ1) is 7.49. The molecule has 0 saturated carbocycles. The molecule has 6 heteroatoms. The summed E-state index contributed by atoms with van der Waals surface area (Å²) in [5.74, 6) is 2.14. The lowest BCUT2D eigenvalue weighted by Gasteiger charge is -2.01. The largest absolute Gasteiger partial charge is 0.466 e. The molecule has 0 aliphatic carbocycles. The molecule has 0 saturated heterocycles. The average molecular weight is 239 g/mol. The Morgan fingerprint density at radius 1 is 1.06 bits per heavy atom. The highest BCUT2D eigenvalue weighted by molar-refractivity contribution is 6.28. The van der Waals surface area contributed by atoms with Crippen molar-refractivity contribution in [1.29, 1.82) is 0 Å². The molecule has 0 bridgehead atoms. The minimum absolute atomic E-state index is 0.0835. The number of nitrogens with two attached hydrogens (primary N) is 1. The van der Waals surface area contributed by atoms with E-state index in [0.717, 1.165) is 22.6 Å². The molecule has 0 amide bonds. The van der Waals surface area contributed by atoms with Gasteiger partial charge in [-0.3, -0.25) is 0 Å². The summed E-state index contributed by atoms with van der Waals surface area (Å²) in [4.78, 5) is 11.8. The maximum atomic E-state index is 5.74. The zero-order valence-corrected chi connectivity index (χ0v) is 9.96. The third kappa shape index (κ3) is 1.74. The van der Waals surface area contributed by atoms with Crippen molar-refractivity contribution in [1.82, 2.24) is 15.0 Å². The van der Waals surface area contributed by atoms with Gasteiger partial charge >= 0.3 is 0 Å². The number of halogens is 1. The lowest BCUT2D eigenvalue weighted by molar-refractivity contribution is 0.503. The second-order valence-electron chi connectivity index (χ2n) is 3.50. The van der Waals surface area contributed by atoms with Gasteiger partial charge < -0.3 is 10.2 Å². The summed E-state index contributed by atoms with van der Waals surface area (Å²) in [6.07, 6.45) is 0. The van der Waals surface area contributed by atoms with E-state index < -0.39 is 0 Å². The number of anilines is 1. The SMILES string of the molecule is Cc1oc(C)c(-c2nc(N)nc(Cl)n2)c1C. The molecule has 0 unspecified atom stereocenters. The second kappa shape index (κ2) is 3.75. The van der Waals surface area contributed by atoms with Gasteiger partial charge in [0.2, 0.25) is 11.2 Å². The third-order valence-corrected chi connectivity index (χ3v) is 2.58. The van der Waals surface area contributed by atoms with E-state index in [0.29, 0.717) is 5.82 Å². The van der Waals surface area contributed by atoms with Gasteiger partial charge in [-0.1, -0.05) is 0 Å². The van der Waals surface area contributed by atoms with Crippen molar-refractivity contribution in [3.05, 3.63) is 22.4 Å². The Balaban J connectivity index is 2.67. The molecule has 2 heterocycles. The summed E-state index contributed by atoms with van der Waals surface area (Å²) < 4.78 is 5.50. The van der Waals surface area contributed by atoms with Crippen LogP contribution in [0.3, 0.4) is 0 Å². The summed E-state index contributed by atoms with van der Waals surface area (Å²) in [7, 11) is 0. The molecule has 16 heavy (non-hydrogen) atoms. The van der Waals surface area contributed by atoms with Crippen LogP contribution in [0.25, 0.3) is 11.4 Å². The van der Waals surface area contributed by atoms with E-state index >= 15 is 0 Å². The fourth-order valence-corrected chi connectivity index (χ4v) is 1.77. The molecular formula is C10H11ClN4O. The molecular weight excluding hydrogens is 228 g/mol. The van der Waals surface area contributed by atoms with Crippen LogP contribution in [0.1, 0.15) is 17.1 Å². The molecule has 84 valence electrons. The van der Waals surface area contributed by atoms with Crippen LogP contribution in [0, 0.1) is 20.8 Å². The van der Waals surface area contributed by atoms with Crippen molar-refractivity contribution < 1.29 is 4.42 Å². The minimum Gasteiger partial charge on any atom is -0.466 e. The fourth-order valence-electron chi connectivity index (χ4n) is 1.60.